The fraction of sp³-hybridized carbons (Fsp3) is 0.875. The van der Waals surface area contributed by atoms with Gasteiger partial charge in [0.25, 0.3) is 0 Å². The lowest BCUT2D eigenvalue weighted by Crippen LogP contribution is -2.13. The van der Waals surface area contributed by atoms with Crippen molar-refractivity contribution in [3.8, 4) is 0 Å². The fourth-order valence-electron chi connectivity index (χ4n) is 0.744. The van der Waals surface area contributed by atoms with Crippen LogP contribution < -0.4 is 0 Å². The maximum Gasteiger partial charge on any atom is 0.304 e. The Morgan fingerprint density at radius 3 is 2.58 bits per heavy atom. The van der Waals surface area contributed by atoms with Crippen molar-refractivity contribution in [2.24, 2.45) is 0 Å². The minimum absolute atomic E-state index is 0.284. The Morgan fingerprint density at radius 1 is 1.42 bits per heavy atom. The highest BCUT2D eigenvalue weighted by atomic mass is 32.2. The van der Waals surface area contributed by atoms with Crippen LogP contribution in [0, 0.1) is 0 Å². The first-order chi connectivity index (χ1) is 5.63. The molecule has 0 unspecified atom stereocenters. The Balaban J connectivity index is 2.96. The van der Waals surface area contributed by atoms with Gasteiger partial charge in [-0.1, -0.05) is 0 Å². The molecule has 1 N–H and O–H groups in total. The molecular weight excluding hydrogens is 174 g/mol. The van der Waals surface area contributed by atoms with Crippen molar-refractivity contribution in [1.82, 2.24) is 4.90 Å². The normalized spacial score (nSPS) is 10.6. The second-order valence-electron chi connectivity index (χ2n) is 2.91. The topological polar surface area (TPSA) is 40.5 Å². The van der Waals surface area contributed by atoms with Gasteiger partial charge in [0.2, 0.25) is 0 Å². The number of thioether (sulfide) groups is 1. The van der Waals surface area contributed by atoms with E-state index in [4.69, 9.17) is 5.11 Å². The van der Waals surface area contributed by atoms with Gasteiger partial charge in [-0.25, -0.2) is 0 Å². The maximum absolute atomic E-state index is 10.1. The second kappa shape index (κ2) is 7.43. The third-order valence-corrected chi connectivity index (χ3v) is 2.42. The van der Waals surface area contributed by atoms with Crippen molar-refractivity contribution in [3.05, 3.63) is 0 Å². The highest BCUT2D eigenvalue weighted by Gasteiger charge is 1.96. The van der Waals surface area contributed by atoms with Crippen LogP contribution in [0.5, 0.6) is 0 Å². The second-order valence-corrected chi connectivity index (χ2v) is 4.14. The molecule has 0 saturated heterocycles. The summed E-state index contributed by atoms with van der Waals surface area (Å²) < 4.78 is 0. The van der Waals surface area contributed by atoms with E-state index >= 15 is 0 Å². The van der Waals surface area contributed by atoms with Crippen molar-refractivity contribution in [1.29, 1.82) is 0 Å². The molecule has 0 saturated carbocycles. The SMILES string of the molecule is CN(C)CCCSCCC(=O)O. The number of nitrogens with zero attached hydrogens (tertiary/aromatic N) is 1. The molecule has 0 aromatic rings. The van der Waals surface area contributed by atoms with Gasteiger partial charge in [-0.2, -0.15) is 11.8 Å². The van der Waals surface area contributed by atoms with E-state index in [0.717, 1.165) is 24.5 Å². The summed E-state index contributed by atoms with van der Waals surface area (Å²) in [6.07, 6.45) is 1.42. The van der Waals surface area contributed by atoms with E-state index in [2.05, 4.69) is 4.90 Å². The molecule has 0 radical (unpaired) electrons. The lowest BCUT2D eigenvalue weighted by Gasteiger charge is -2.07. The van der Waals surface area contributed by atoms with E-state index in [9.17, 15) is 4.79 Å². The zero-order valence-corrected chi connectivity index (χ0v) is 8.56. The Hall–Kier alpha value is -0.220. The molecule has 0 atom stereocenters. The zero-order valence-electron chi connectivity index (χ0n) is 7.75. The van der Waals surface area contributed by atoms with Crippen LogP contribution in [-0.4, -0.2) is 48.1 Å². The van der Waals surface area contributed by atoms with Gasteiger partial charge in [-0.3, -0.25) is 4.79 Å². The Kier molecular flexibility index (Phi) is 7.29. The summed E-state index contributed by atoms with van der Waals surface area (Å²) in [5, 5.41) is 8.34. The third kappa shape index (κ3) is 9.78. The highest BCUT2D eigenvalue weighted by Crippen LogP contribution is 2.04. The number of rotatable bonds is 7. The van der Waals surface area contributed by atoms with E-state index in [-0.39, 0.29) is 6.42 Å². The van der Waals surface area contributed by atoms with Crippen LogP contribution in [0.25, 0.3) is 0 Å². The van der Waals surface area contributed by atoms with Crippen LogP contribution in [-0.2, 0) is 4.79 Å². The third-order valence-electron chi connectivity index (χ3n) is 1.35. The first-order valence-electron chi connectivity index (χ1n) is 4.07. The Morgan fingerprint density at radius 2 is 2.08 bits per heavy atom. The van der Waals surface area contributed by atoms with E-state index in [1.54, 1.807) is 11.8 Å². The van der Waals surface area contributed by atoms with Crippen molar-refractivity contribution in [3.63, 3.8) is 0 Å². The number of carboxylic acid groups (broad SMARTS) is 1. The number of carbonyl (C=O) groups is 1. The molecule has 0 fully saturated rings. The van der Waals surface area contributed by atoms with Gasteiger partial charge in [0.15, 0.2) is 0 Å². The predicted molar refractivity (Wildman–Crippen MR) is 52.7 cm³/mol. The molecule has 3 nitrogen and oxygen atoms in total. The molecule has 0 rings (SSSR count). The minimum Gasteiger partial charge on any atom is -0.481 e. The van der Waals surface area contributed by atoms with Crippen LogP contribution in [0.2, 0.25) is 0 Å². The van der Waals surface area contributed by atoms with Gasteiger partial charge in [0.05, 0.1) is 6.42 Å². The molecule has 0 aromatic carbocycles. The van der Waals surface area contributed by atoms with E-state index < -0.39 is 5.97 Å². The van der Waals surface area contributed by atoms with Gasteiger partial charge in [0, 0.05) is 5.75 Å². The smallest absolute Gasteiger partial charge is 0.304 e. The lowest BCUT2D eigenvalue weighted by atomic mass is 10.5. The standard InChI is InChI=1S/C8H17NO2S/c1-9(2)5-3-6-12-7-4-8(10)11/h3-7H2,1-2H3,(H,10,11). The number of hydrogen-bond acceptors (Lipinski definition) is 3. The van der Waals surface area contributed by atoms with Crippen LogP contribution in [0.15, 0.2) is 0 Å². The van der Waals surface area contributed by atoms with Gasteiger partial charge >= 0.3 is 5.97 Å². The van der Waals surface area contributed by atoms with Crippen LogP contribution in [0.4, 0.5) is 0 Å². The summed E-state index contributed by atoms with van der Waals surface area (Å²) in [4.78, 5) is 12.3. The van der Waals surface area contributed by atoms with Crippen molar-refractivity contribution < 1.29 is 9.90 Å². The molecule has 0 aliphatic rings. The minimum atomic E-state index is -0.699. The summed E-state index contributed by atoms with van der Waals surface area (Å²) in [5.74, 6) is 1.10. The summed E-state index contributed by atoms with van der Waals surface area (Å²) >= 11 is 1.72. The number of aliphatic carboxylic acids is 1. The van der Waals surface area contributed by atoms with E-state index in [1.807, 2.05) is 14.1 Å². The monoisotopic (exact) mass is 191 g/mol. The molecule has 0 spiro atoms. The maximum atomic E-state index is 10.1. The average molecular weight is 191 g/mol. The largest absolute Gasteiger partial charge is 0.481 e. The van der Waals surface area contributed by atoms with Crippen LogP contribution in [0.3, 0.4) is 0 Å². The molecule has 0 aliphatic carbocycles. The zero-order chi connectivity index (χ0) is 9.40. The quantitative estimate of drug-likeness (QED) is 0.613. The molecule has 0 aliphatic heterocycles. The molecule has 0 aromatic heterocycles. The summed E-state index contributed by atoms with van der Waals surface area (Å²) in [6.45, 7) is 1.08. The van der Waals surface area contributed by atoms with E-state index in [0.29, 0.717) is 0 Å². The summed E-state index contributed by atoms with van der Waals surface area (Å²) in [6, 6.07) is 0. The van der Waals surface area contributed by atoms with Crippen LogP contribution >= 0.6 is 11.8 Å². The Labute approximate surface area is 78.1 Å². The molecule has 72 valence electrons. The predicted octanol–water partition coefficient (Wildman–Crippen LogP) is 1.15. The van der Waals surface area contributed by atoms with E-state index in [1.165, 1.54) is 0 Å². The van der Waals surface area contributed by atoms with Gasteiger partial charge < -0.3 is 10.0 Å². The molecule has 0 heterocycles. The lowest BCUT2D eigenvalue weighted by molar-refractivity contribution is -0.136. The van der Waals surface area contributed by atoms with Gasteiger partial charge in [0.1, 0.15) is 0 Å². The van der Waals surface area contributed by atoms with Crippen molar-refractivity contribution in [2.75, 3.05) is 32.1 Å². The molecule has 0 bridgehead atoms. The van der Waals surface area contributed by atoms with Crippen molar-refractivity contribution in [2.45, 2.75) is 12.8 Å². The molecule has 0 amide bonds. The molecular formula is C8H17NO2S. The number of carboxylic acids is 1. The van der Waals surface area contributed by atoms with Gasteiger partial charge in [-0.05, 0) is 32.8 Å². The fourth-order valence-corrected chi connectivity index (χ4v) is 1.60. The average Bonchev–Trinajstić information content (AvgIpc) is 1.95. The van der Waals surface area contributed by atoms with Crippen LogP contribution in [0.1, 0.15) is 12.8 Å². The number of hydrogen-bond donors (Lipinski definition) is 1. The first kappa shape index (κ1) is 11.8. The molecule has 4 heteroatoms. The molecule has 12 heavy (non-hydrogen) atoms. The Bertz CT molecular complexity index is 128. The summed E-state index contributed by atoms with van der Waals surface area (Å²) in [7, 11) is 4.09. The summed E-state index contributed by atoms with van der Waals surface area (Å²) in [5.41, 5.74) is 0. The highest BCUT2D eigenvalue weighted by molar-refractivity contribution is 7.99. The van der Waals surface area contributed by atoms with Crippen molar-refractivity contribution >= 4 is 17.7 Å². The van der Waals surface area contributed by atoms with Gasteiger partial charge in [-0.15, -0.1) is 0 Å². The first-order valence-corrected chi connectivity index (χ1v) is 5.22.